The van der Waals surface area contributed by atoms with Gasteiger partial charge in [-0.2, -0.15) is 5.10 Å². The first-order valence-electron chi connectivity index (χ1n) is 4.81. The van der Waals surface area contributed by atoms with Gasteiger partial charge in [0.25, 0.3) is 0 Å². The van der Waals surface area contributed by atoms with Gasteiger partial charge in [0.2, 0.25) is 0 Å². The van der Waals surface area contributed by atoms with Crippen LogP contribution in [0.25, 0.3) is 0 Å². The van der Waals surface area contributed by atoms with Crippen molar-refractivity contribution in [3.63, 3.8) is 0 Å². The maximum absolute atomic E-state index is 11.3. The van der Waals surface area contributed by atoms with Gasteiger partial charge >= 0.3 is 12.0 Å². The number of hydrogen-bond acceptors (Lipinski definition) is 3. The van der Waals surface area contributed by atoms with Gasteiger partial charge in [-0.05, 0) is 6.92 Å². The molecule has 88 valence electrons. The van der Waals surface area contributed by atoms with Crippen LogP contribution in [0.4, 0.5) is 4.79 Å². The summed E-state index contributed by atoms with van der Waals surface area (Å²) >= 11 is 0. The molecule has 4 N–H and O–H groups in total. The van der Waals surface area contributed by atoms with E-state index >= 15 is 0 Å². The molecule has 0 saturated heterocycles. The Hall–Kier alpha value is -2.05. The molecule has 1 aromatic rings. The number of carboxylic acids is 1. The average molecular weight is 226 g/mol. The van der Waals surface area contributed by atoms with E-state index in [1.165, 1.54) is 0 Å². The van der Waals surface area contributed by atoms with E-state index in [0.29, 0.717) is 6.54 Å². The van der Waals surface area contributed by atoms with Crippen molar-refractivity contribution in [2.45, 2.75) is 25.9 Å². The number of aliphatic carboxylic acids is 1. The predicted octanol–water partition coefficient (Wildman–Crippen LogP) is 0.0721. The first-order chi connectivity index (χ1) is 7.58. The standard InChI is InChI=1S/C9H14N4O3/c1-6(2-8(14)15)13-9(16)10-3-7-4-11-12-5-7/h4-6H,2-3H2,1H3,(H,11,12)(H,14,15)(H2,10,13,16). The number of aromatic nitrogens is 2. The van der Waals surface area contributed by atoms with Gasteiger partial charge in [-0.25, -0.2) is 4.79 Å². The van der Waals surface area contributed by atoms with Gasteiger partial charge in [0.05, 0.1) is 12.6 Å². The highest BCUT2D eigenvalue weighted by molar-refractivity contribution is 5.75. The van der Waals surface area contributed by atoms with Crippen molar-refractivity contribution in [2.75, 3.05) is 0 Å². The summed E-state index contributed by atoms with van der Waals surface area (Å²) in [4.78, 5) is 21.6. The van der Waals surface area contributed by atoms with Crippen molar-refractivity contribution < 1.29 is 14.7 Å². The number of carbonyl (C=O) groups is 2. The summed E-state index contributed by atoms with van der Waals surface area (Å²) in [6.07, 6.45) is 3.17. The van der Waals surface area contributed by atoms with E-state index in [1.807, 2.05) is 0 Å². The number of H-pyrrole nitrogens is 1. The minimum absolute atomic E-state index is 0.0981. The molecule has 16 heavy (non-hydrogen) atoms. The van der Waals surface area contributed by atoms with Gasteiger partial charge in [0.1, 0.15) is 0 Å². The van der Waals surface area contributed by atoms with Crippen molar-refractivity contribution in [3.05, 3.63) is 18.0 Å². The fourth-order valence-corrected chi connectivity index (χ4v) is 1.14. The van der Waals surface area contributed by atoms with Crippen molar-refractivity contribution in [3.8, 4) is 0 Å². The highest BCUT2D eigenvalue weighted by Gasteiger charge is 2.10. The van der Waals surface area contributed by atoms with Crippen molar-refractivity contribution in [1.29, 1.82) is 0 Å². The highest BCUT2D eigenvalue weighted by atomic mass is 16.4. The number of rotatable bonds is 5. The van der Waals surface area contributed by atoms with Gasteiger partial charge < -0.3 is 15.7 Å². The van der Waals surface area contributed by atoms with Crippen molar-refractivity contribution >= 4 is 12.0 Å². The molecule has 1 atom stereocenters. The molecule has 7 nitrogen and oxygen atoms in total. The third kappa shape index (κ3) is 4.45. The van der Waals surface area contributed by atoms with Gasteiger partial charge in [-0.3, -0.25) is 9.89 Å². The molecule has 0 saturated carbocycles. The lowest BCUT2D eigenvalue weighted by atomic mass is 10.2. The van der Waals surface area contributed by atoms with Crippen molar-refractivity contribution in [1.82, 2.24) is 20.8 Å². The summed E-state index contributed by atoms with van der Waals surface area (Å²) < 4.78 is 0. The third-order valence-corrected chi connectivity index (χ3v) is 1.87. The molecule has 0 aliphatic carbocycles. The number of carbonyl (C=O) groups excluding carboxylic acids is 1. The van der Waals surface area contributed by atoms with Crippen LogP contribution in [0.5, 0.6) is 0 Å². The smallest absolute Gasteiger partial charge is 0.315 e. The Kier molecular flexibility index (Phi) is 4.31. The summed E-state index contributed by atoms with van der Waals surface area (Å²) in [5.41, 5.74) is 0.848. The van der Waals surface area contributed by atoms with Crippen LogP contribution in [-0.4, -0.2) is 33.3 Å². The summed E-state index contributed by atoms with van der Waals surface area (Å²) in [5, 5.41) is 19.9. The molecule has 0 fully saturated rings. The molecule has 1 rings (SSSR count). The molecule has 7 heteroatoms. The SMILES string of the molecule is CC(CC(=O)O)NC(=O)NCc1cn[nH]c1. The summed E-state index contributed by atoms with van der Waals surface area (Å²) in [5.74, 6) is -0.942. The zero-order valence-corrected chi connectivity index (χ0v) is 8.86. The molecule has 0 aromatic carbocycles. The number of carboxylic acid groups (broad SMARTS) is 1. The van der Waals surface area contributed by atoms with Crippen LogP contribution in [0, 0.1) is 0 Å². The van der Waals surface area contributed by atoms with Gasteiger partial charge in [0, 0.05) is 24.3 Å². The zero-order valence-electron chi connectivity index (χ0n) is 8.86. The molecule has 0 radical (unpaired) electrons. The highest BCUT2D eigenvalue weighted by Crippen LogP contribution is 1.93. The van der Waals surface area contributed by atoms with E-state index in [4.69, 9.17) is 5.11 Å². The number of aromatic amines is 1. The van der Waals surface area contributed by atoms with Crippen molar-refractivity contribution in [2.24, 2.45) is 0 Å². The Labute approximate surface area is 92.2 Å². The number of urea groups is 1. The molecule has 1 unspecified atom stereocenters. The second-order valence-corrected chi connectivity index (χ2v) is 3.43. The first kappa shape index (κ1) is 12.0. The Bertz CT molecular complexity index is 350. The number of nitrogens with zero attached hydrogens (tertiary/aromatic N) is 1. The Balaban J connectivity index is 2.23. The second-order valence-electron chi connectivity index (χ2n) is 3.43. The van der Waals surface area contributed by atoms with Crippen LogP contribution in [0.3, 0.4) is 0 Å². The van der Waals surface area contributed by atoms with E-state index in [0.717, 1.165) is 5.56 Å². The summed E-state index contributed by atoms with van der Waals surface area (Å²) in [7, 11) is 0. The van der Waals surface area contributed by atoms with E-state index < -0.39 is 18.0 Å². The molecule has 0 bridgehead atoms. The van der Waals surface area contributed by atoms with E-state index in [9.17, 15) is 9.59 Å². The molecular formula is C9H14N4O3. The van der Waals surface area contributed by atoms with E-state index in [2.05, 4.69) is 20.8 Å². The van der Waals surface area contributed by atoms with Crippen LogP contribution in [0.1, 0.15) is 18.9 Å². The van der Waals surface area contributed by atoms with E-state index in [-0.39, 0.29) is 6.42 Å². The average Bonchev–Trinajstić information content (AvgIpc) is 2.65. The van der Waals surface area contributed by atoms with Gasteiger partial charge in [-0.1, -0.05) is 0 Å². The predicted molar refractivity (Wildman–Crippen MR) is 55.7 cm³/mol. The van der Waals surface area contributed by atoms with Crippen LogP contribution in [0.15, 0.2) is 12.4 Å². The lowest BCUT2D eigenvalue weighted by molar-refractivity contribution is -0.137. The lowest BCUT2D eigenvalue weighted by Gasteiger charge is -2.11. The molecule has 1 heterocycles. The maximum Gasteiger partial charge on any atom is 0.315 e. The Morgan fingerprint density at radius 2 is 2.38 bits per heavy atom. The zero-order chi connectivity index (χ0) is 12.0. The van der Waals surface area contributed by atoms with Crippen LogP contribution >= 0.6 is 0 Å². The first-order valence-corrected chi connectivity index (χ1v) is 4.81. The van der Waals surface area contributed by atoms with Crippen LogP contribution < -0.4 is 10.6 Å². The normalized spacial score (nSPS) is 11.8. The molecule has 1 aromatic heterocycles. The quantitative estimate of drug-likeness (QED) is 0.570. The summed E-state index contributed by atoms with van der Waals surface area (Å²) in [6, 6.07) is -0.795. The minimum Gasteiger partial charge on any atom is -0.481 e. The molecule has 0 aliphatic heterocycles. The lowest BCUT2D eigenvalue weighted by Crippen LogP contribution is -2.41. The second kappa shape index (κ2) is 5.74. The summed E-state index contributed by atoms with van der Waals surface area (Å²) in [6.45, 7) is 1.98. The largest absolute Gasteiger partial charge is 0.481 e. The van der Waals surface area contributed by atoms with Crippen LogP contribution in [0.2, 0.25) is 0 Å². The maximum atomic E-state index is 11.3. The molecular weight excluding hydrogens is 212 g/mol. The minimum atomic E-state index is -0.942. The molecule has 0 aliphatic rings. The fourth-order valence-electron chi connectivity index (χ4n) is 1.14. The fraction of sp³-hybridized carbons (Fsp3) is 0.444. The monoisotopic (exact) mass is 226 g/mol. The number of hydrogen-bond donors (Lipinski definition) is 4. The Morgan fingerprint density at radius 3 is 2.94 bits per heavy atom. The molecule has 0 spiro atoms. The van der Waals surface area contributed by atoms with Gasteiger partial charge in [-0.15, -0.1) is 0 Å². The number of amides is 2. The van der Waals surface area contributed by atoms with E-state index in [1.54, 1.807) is 19.3 Å². The Morgan fingerprint density at radius 1 is 1.62 bits per heavy atom. The topological polar surface area (TPSA) is 107 Å². The molecule has 2 amide bonds. The van der Waals surface area contributed by atoms with Crippen LogP contribution in [-0.2, 0) is 11.3 Å². The number of nitrogens with one attached hydrogen (secondary N) is 3. The van der Waals surface area contributed by atoms with Gasteiger partial charge in [0.15, 0.2) is 0 Å². The third-order valence-electron chi connectivity index (χ3n) is 1.87.